The summed E-state index contributed by atoms with van der Waals surface area (Å²) in [7, 11) is 1.97. The highest BCUT2D eigenvalue weighted by Crippen LogP contribution is 2.28. The number of hydrogen-bond acceptors (Lipinski definition) is 3. The predicted molar refractivity (Wildman–Crippen MR) is 46.6 cm³/mol. The van der Waals surface area contributed by atoms with Crippen LogP contribution >= 0.6 is 11.8 Å². The van der Waals surface area contributed by atoms with Gasteiger partial charge in [0.2, 0.25) is 0 Å². The van der Waals surface area contributed by atoms with Gasteiger partial charge in [-0.15, -0.1) is 0 Å². The van der Waals surface area contributed by atoms with Crippen LogP contribution < -0.4 is 10.6 Å². The molecule has 1 aliphatic rings. The first-order chi connectivity index (χ1) is 4.77. The lowest BCUT2D eigenvalue weighted by molar-refractivity contribution is 0.773. The van der Waals surface area contributed by atoms with Crippen LogP contribution in [0.1, 0.15) is 20.3 Å². The van der Waals surface area contributed by atoms with Crippen LogP contribution in [0.15, 0.2) is 10.7 Å². The summed E-state index contributed by atoms with van der Waals surface area (Å²) in [5, 5.41) is 8.40. The van der Waals surface area contributed by atoms with Crippen molar-refractivity contribution >= 4 is 11.8 Å². The molecule has 3 heteroatoms. The van der Waals surface area contributed by atoms with Gasteiger partial charge in [0.05, 0.1) is 10.4 Å². The third kappa shape index (κ3) is 1.40. The molecule has 0 aliphatic carbocycles. The Balaban J connectivity index is 2.61. The standard InChI is InChI=1S/C7H14N2S/c1-4-6-7(8-3)10-5(2)9-6/h5,8-9H,4H2,1-3H3. The molecule has 2 N–H and O–H groups in total. The Labute approximate surface area is 66.5 Å². The molecule has 0 fully saturated rings. The number of rotatable bonds is 2. The van der Waals surface area contributed by atoms with Crippen molar-refractivity contribution in [1.29, 1.82) is 0 Å². The highest BCUT2D eigenvalue weighted by Gasteiger charge is 2.17. The fourth-order valence-electron chi connectivity index (χ4n) is 1.06. The first-order valence-corrected chi connectivity index (χ1v) is 4.50. The van der Waals surface area contributed by atoms with Crippen molar-refractivity contribution in [3.05, 3.63) is 10.7 Å². The van der Waals surface area contributed by atoms with Gasteiger partial charge in [0.15, 0.2) is 0 Å². The van der Waals surface area contributed by atoms with E-state index in [1.54, 1.807) is 0 Å². The Morgan fingerprint density at radius 2 is 2.40 bits per heavy atom. The Bertz CT molecular complexity index is 138. The Hall–Kier alpha value is -0.310. The molecule has 58 valence electrons. The molecule has 0 aromatic carbocycles. The highest BCUT2D eigenvalue weighted by molar-refractivity contribution is 8.03. The van der Waals surface area contributed by atoms with E-state index in [0.717, 1.165) is 6.42 Å². The van der Waals surface area contributed by atoms with Crippen LogP contribution in [0.4, 0.5) is 0 Å². The van der Waals surface area contributed by atoms with Gasteiger partial charge in [-0.25, -0.2) is 0 Å². The lowest BCUT2D eigenvalue weighted by Crippen LogP contribution is -2.15. The molecule has 0 aromatic rings. The van der Waals surface area contributed by atoms with Gasteiger partial charge in [0.25, 0.3) is 0 Å². The molecular formula is C7H14N2S. The molecule has 1 atom stereocenters. The molecule has 1 heterocycles. The monoisotopic (exact) mass is 158 g/mol. The zero-order valence-corrected chi connectivity index (χ0v) is 7.51. The topological polar surface area (TPSA) is 24.1 Å². The molecule has 1 rings (SSSR count). The van der Waals surface area contributed by atoms with Crippen molar-refractivity contribution in [3.8, 4) is 0 Å². The second-order valence-electron chi connectivity index (χ2n) is 2.32. The third-order valence-corrected chi connectivity index (χ3v) is 2.68. The molecule has 1 aliphatic heterocycles. The number of hydrogen-bond donors (Lipinski definition) is 2. The summed E-state index contributed by atoms with van der Waals surface area (Å²) in [6, 6.07) is 0. The van der Waals surface area contributed by atoms with Crippen LogP contribution in [0.25, 0.3) is 0 Å². The van der Waals surface area contributed by atoms with Crippen molar-refractivity contribution in [2.45, 2.75) is 25.6 Å². The summed E-state index contributed by atoms with van der Waals surface area (Å²) in [5.74, 6) is 0. The SMILES string of the molecule is CCC1=C(NC)SC(C)N1. The number of thioether (sulfide) groups is 1. The Kier molecular flexibility index (Phi) is 2.49. The van der Waals surface area contributed by atoms with Gasteiger partial charge in [-0.2, -0.15) is 0 Å². The van der Waals surface area contributed by atoms with Crippen molar-refractivity contribution in [2.75, 3.05) is 7.05 Å². The fourth-order valence-corrected chi connectivity index (χ4v) is 2.08. The molecule has 2 nitrogen and oxygen atoms in total. The minimum atomic E-state index is 0.539. The molecule has 10 heavy (non-hydrogen) atoms. The second-order valence-corrected chi connectivity index (χ2v) is 3.67. The van der Waals surface area contributed by atoms with Gasteiger partial charge in [-0.3, -0.25) is 0 Å². The van der Waals surface area contributed by atoms with E-state index in [1.165, 1.54) is 10.7 Å². The van der Waals surface area contributed by atoms with Crippen molar-refractivity contribution < 1.29 is 0 Å². The van der Waals surface area contributed by atoms with Crippen molar-refractivity contribution in [2.24, 2.45) is 0 Å². The first-order valence-electron chi connectivity index (χ1n) is 3.62. The molecule has 0 amide bonds. The average Bonchev–Trinajstić information content (AvgIpc) is 2.30. The normalized spacial score (nSPS) is 24.9. The summed E-state index contributed by atoms with van der Waals surface area (Å²) < 4.78 is 0. The summed E-state index contributed by atoms with van der Waals surface area (Å²) in [6.45, 7) is 4.34. The maximum atomic E-state index is 3.38. The van der Waals surface area contributed by atoms with Gasteiger partial charge in [0.1, 0.15) is 0 Å². The fraction of sp³-hybridized carbons (Fsp3) is 0.714. The van der Waals surface area contributed by atoms with E-state index < -0.39 is 0 Å². The van der Waals surface area contributed by atoms with E-state index >= 15 is 0 Å². The highest BCUT2D eigenvalue weighted by atomic mass is 32.2. The lowest BCUT2D eigenvalue weighted by Gasteiger charge is -2.02. The maximum Gasteiger partial charge on any atom is 0.0892 e. The van der Waals surface area contributed by atoms with Crippen LogP contribution in [0.3, 0.4) is 0 Å². The molecule has 0 saturated carbocycles. The molecule has 0 spiro atoms. The zero-order chi connectivity index (χ0) is 7.56. The van der Waals surface area contributed by atoms with Gasteiger partial charge in [-0.05, 0) is 13.3 Å². The van der Waals surface area contributed by atoms with Gasteiger partial charge >= 0.3 is 0 Å². The van der Waals surface area contributed by atoms with Crippen molar-refractivity contribution in [1.82, 2.24) is 10.6 Å². The quantitative estimate of drug-likeness (QED) is 0.636. The number of allylic oxidation sites excluding steroid dienone is 1. The van der Waals surface area contributed by atoms with Crippen LogP contribution in [-0.2, 0) is 0 Å². The zero-order valence-electron chi connectivity index (χ0n) is 6.69. The van der Waals surface area contributed by atoms with Gasteiger partial charge < -0.3 is 10.6 Å². The van der Waals surface area contributed by atoms with Crippen LogP contribution in [0.5, 0.6) is 0 Å². The maximum absolute atomic E-state index is 3.38. The van der Waals surface area contributed by atoms with Crippen molar-refractivity contribution in [3.63, 3.8) is 0 Å². The van der Waals surface area contributed by atoms with Crippen LogP contribution in [-0.4, -0.2) is 12.4 Å². The van der Waals surface area contributed by atoms with Gasteiger partial charge in [-0.1, -0.05) is 18.7 Å². The van der Waals surface area contributed by atoms with E-state index in [9.17, 15) is 0 Å². The summed E-state index contributed by atoms with van der Waals surface area (Å²) >= 11 is 1.86. The van der Waals surface area contributed by atoms with Gasteiger partial charge in [0, 0.05) is 12.7 Å². The lowest BCUT2D eigenvalue weighted by atomic mass is 10.3. The largest absolute Gasteiger partial charge is 0.381 e. The molecule has 0 saturated heterocycles. The number of nitrogens with one attached hydrogen (secondary N) is 2. The molecular weight excluding hydrogens is 144 g/mol. The molecule has 1 unspecified atom stereocenters. The molecule has 0 aromatic heterocycles. The van der Waals surface area contributed by atoms with E-state index in [4.69, 9.17) is 0 Å². The molecule has 0 radical (unpaired) electrons. The Morgan fingerprint density at radius 3 is 2.80 bits per heavy atom. The summed E-state index contributed by atoms with van der Waals surface area (Å²) in [4.78, 5) is 0. The van der Waals surface area contributed by atoms with Crippen LogP contribution in [0.2, 0.25) is 0 Å². The first kappa shape index (κ1) is 7.79. The second kappa shape index (κ2) is 3.19. The van der Waals surface area contributed by atoms with Crippen LogP contribution in [0, 0.1) is 0 Å². The van der Waals surface area contributed by atoms with E-state index in [1.807, 2.05) is 18.8 Å². The van der Waals surface area contributed by atoms with E-state index in [0.29, 0.717) is 5.37 Å². The summed E-state index contributed by atoms with van der Waals surface area (Å²) in [5.41, 5.74) is 1.35. The molecule has 0 bridgehead atoms. The third-order valence-electron chi connectivity index (χ3n) is 1.53. The Morgan fingerprint density at radius 1 is 1.70 bits per heavy atom. The smallest absolute Gasteiger partial charge is 0.0892 e. The average molecular weight is 158 g/mol. The minimum Gasteiger partial charge on any atom is -0.381 e. The minimum absolute atomic E-state index is 0.539. The predicted octanol–water partition coefficient (Wildman–Crippen LogP) is 1.47. The van der Waals surface area contributed by atoms with E-state index in [-0.39, 0.29) is 0 Å². The summed E-state index contributed by atoms with van der Waals surface area (Å²) in [6.07, 6.45) is 1.09. The van der Waals surface area contributed by atoms with E-state index in [2.05, 4.69) is 24.5 Å².